The van der Waals surface area contributed by atoms with Crippen LogP contribution in [0.4, 0.5) is 5.69 Å². The van der Waals surface area contributed by atoms with Gasteiger partial charge in [-0.3, -0.25) is 14.9 Å². The molecule has 1 saturated heterocycles. The summed E-state index contributed by atoms with van der Waals surface area (Å²) in [4.78, 5) is 24.7. The number of nitrogens with zero attached hydrogens (tertiary/aromatic N) is 2. The molecule has 108 valence electrons. The van der Waals surface area contributed by atoms with Crippen LogP contribution in [0.25, 0.3) is 0 Å². The molecular formula is C14H19N3O3. The molecule has 2 N–H and O–H groups in total. The molecule has 1 fully saturated rings. The van der Waals surface area contributed by atoms with E-state index in [1.165, 1.54) is 6.07 Å². The largest absolute Gasteiger partial charge is 0.334 e. The molecule has 0 aromatic heterocycles. The van der Waals surface area contributed by atoms with Crippen molar-refractivity contribution in [2.24, 2.45) is 5.73 Å². The molecule has 0 spiro atoms. The summed E-state index contributed by atoms with van der Waals surface area (Å²) in [7, 11) is 0. The smallest absolute Gasteiger partial charge is 0.273 e. The molecule has 6 nitrogen and oxygen atoms in total. The zero-order valence-corrected chi connectivity index (χ0v) is 11.5. The lowest BCUT2D eigenvalue weighted by molar-refractivity contribution is -0.385. The van der Waals surface area contributed by atoms with Gasteiger partial charge in [0, 0.05) is 36.3 Å². The summed E-state index contributed by atoms with van der Waals surface area (Å²) >= 11 is 0. The first-order valence-corrected chi connectivity index (χ1v) is 6.80. The fourth-order valence-corrected chi connectivity index (χ4v) is 2.62. The van der Waals surface area contributed by atoms with Crippen LogP contribution in [0.2, 0.25) is 0 Å². The maximum Gasteiger partial charge on any atom is 0.273 e. The van der Waals surface area contributed by atoms with E-state index < -0.39 is 4.92 Å². The van der Waals surface area contributed by atoms with Gasteiger partial charge >= 0.3 is 0 Å². The van der Waals surface area contributed by atoms with Crippen molar-refractivity contribution in [3.8, 4) is 0 Å². The Kier molecular flexibility index (Phi) is 4.34. The monoisotopic (exact) mass is 277 g/mol. The van der Waals surface area contributed by atoms with Gasteiger partial charge in [-0.15, -0.1) is 0 Å². The number of nitrogens with two attached hydrogens (primary N) is 1. The summed E-state index contributed by atoms with van der Waals surface area (Å²) < 4.78 is 0. The first-order valence-electron chi connectivity index (χ1n) is 6.80. The summed E-state index contributed by atoms with van der Waals surface area (Å²) in [5, 5.41) is 11.0. The van der Waals surface area contributed by atoms with Gasteiger partial charge in [0.15, 0.2) is 0 Å². The van der Waals surface area contributed by atoms with E-state index in [0.717, 1.165) is 19.3 Å². The van der Waals surface area contributed by atoms with Crippen LogP contribution >= 0.6 is 0 Å². The highest BCUT2D eigenvalue weighted by Gasteiger charge is 2.27. The number of nitro benzene ring substituents is 1. The highest BCUT2D eigenvalue weighted by molar-refractivity contribution is 5.95. The summed E-state index contributed by atoms with van der Waals surface area (Å²) in [5.74, 6) is -0.164. The highest BCUT2D eigenvalue weighted by atomic mass is 16.6. The van der Waals surface area contributed by atoms with Gasteiger partial charge in [-0.25, -0.2) is 0 Å². The van der Waals surface area contributed by atoms with Gasteiger partial charge in [0.2, 0.25) is 0 Å². The average Bonchev–Trinajstić information content (AvgIpc) is 2.46. The van der Waals surface area contributed by atoms with Crippen LogP contribution in [-0.4, -0.2) is 34.9 Å². The van der Waals surface area contributed by atoms with E-state index in [9.17, 15) is 14.9 Å². The minimum absolute atomic E-state index is 0.0165. The molecule has 1 heterocycles. The molecule has 6 heteroatoms. The van der Waals surface area contributed by atoms with Crippen LogP contribution in [0.1, 0.15) is 35.2 Å². The second-order valence-corrected chi connectivity index (χ2v) is 5.14. The quantitative estimate of drug-likeness (QED) is 0.674. The lowest BCUT2D eigenvalue weighted by Crippen LogP contribution is -2.47. The van der Waals surface area contributed by atoms with Crippen molar-refractivity contribution in [1.29, 1.82) is 0 Å². The minimum atomic E-state index is -0.456. The third-order valence-electron chi connectivity index (χ3n) is 3.81. The molecule has 0 bridgehead atoms. The lowest BCUT2D eigenvalue weighted by atomic mass is 10.0. The molecule has 1 aromatic carbocycles. The number of carbonyl (C=O) groups is 1. The van der Waals surface area contributed by atoms with E-state index in [0.29, 0.717) is 24.2 Å². The first-order chi connectivity index (χ1) is 9.54. The number of nitro groups is 1. The van der Waals surface area contributed by atoms with Crippen LogP contribution in [-0.2, 0) is 0 Å². The maximum atomic E-state index is 12.5. The summed E-state index contributed by atoms with van der Waals surface area (Å²) in [6.07, 6.45) is 2.92. The van der Waals surface area contributed by atoms with Crippen LogP contribution in [0.3, 0.4) is 0 Å². The fraction of sp³-hybridized carbons (Fsp3) is 0.500. The molecule has 0 aliphatic carbocycles. The molecule has 0 radical (unpaired) electrons. The number of likely N-dealkylation sites (tertiary alicyclic amines) is 1. The predicted molar refractivity (Wildman–Crippen MR) is 75.6 cm³/mol. The fourth-order valence-electron chi connectivity index (χ4n) is 2.62. The number of hydrogen-bond acceptors (Lipinski definition) is 4. The van der Waals surface area contributed by atoms with Crippen LogP contribution < -0.4 is 5.73 Å². The molecule has 1 amide bonds. The first kappa shape index (κ1) is 14.5. The maximum absolute atomic E-state index is 12.5. The molecule has 0 saturated carbocycles. The Hall–Kier alpha value is -1.95. The van der Waals surface area contributed by atoms with Crippen molar-refractivity contribution in [2.45, 2.75) is 32.2 Å². The van der Waals surface area contributed by atoms with Gasteiger partial charge in [-0.1, -0.05) is 6.07 Å². The van der Waals surface area contributed by atoms with E-state index in [1.807, 2.05) is 0 Å². The molecule has 1 aliphatic rings. The SMILES string of the molecule is Cc1ccc(C(=O)N2CCCCC2CN)cc1[N+](=O)[O-]. The van der Waals surface area contributed by atoms with Crippen LogP contribution in [0.5, 0.6) is 0 Å². The number of rotatable bonds is 3. The molecule has 1 atom stereocenters. The van der Waals surface area contributed by atoms with Crippen molar-refractivity contribution in [2.75, 3.05) is 13.1 Å². The second-order valence-electron chi connectivity index (χ2n) is 5.14. The molecule has 2 rings (SSSR count). The molecule has 1 aromatic rings. The highest BCUT2D eigenvalue weighted by Crippen LogP contribution is 2.23. The van der Waals surface area contributed by atoms with E-state index in [1.54, 1.807) is 24.0 Å². The zero-order valence-electron chi connectivity index (χ0n) is 11.5. The number of benzene rings is 1. The van der Waals surface area contributed by atoms with E-state index in [4.69, 9.17) is 5.73 Å². The van der Waals surface area contributed by atoms with Gasteiger partial charge in [-0.05, 0) is 32.3 Å². The van der Waals surface area contributed by atoms with Gasteiger partial charge in [-0.2, -0.15) is 0 Å². The third-order valence-corrected chi connectivity index (χ3v) is 3.81. The summed E-state index contributed by atoms with van der Waals surface area (Å²) in [6, 6.07) is 4.66. The Morgan fingerprint density at radius 2 is 2.25 bits per heavy atom. The molecular weight excluding hydrogens is 258 g/mol. The molecule has 1 unspecified atom stereocenters. The predicted octanol–water partition coefficient (Wildman–Crippen LogP) is 1.86. The van der Waals surface area contributed by atoms with Crippen molar-refractivity contribution < 1.29 is 9.72 Å². The Morgan fingerprint density at radius 3 is 2.90 bits per heavy atom. The van der Waals surface area contributed by atoms with Crippen molar-refractivity contribution >= 4 is 11.6 Å². The van der Waals surface area contributed by atoms with E-state index >= 15 is 0 Å². The zero-order chi connectivity index (χ0) is 14.7. The Labute approximate surface area is 117 Å². The average molecular weight is 277 g/mol. The van der Waals surface area contributed by atoms with Crippen LogP contribution in [0.15, 0.2) is 18.2 Å². The summed E-state index contributed by atoms with van der Waals surface area (Å²) in [6.45, 7) is 2.76. The van der Waals surface area contributed by atoms with Gasteiger partial charge < -0.3 is 10.6 Å². The van der Waals surface area contributed by atoms with Crippen molar-refractivity contribution in [3.05, 3.63) is 39.4 Å². The summed E-state index contributed by atoms with van der Waals surface area (Å²) in [5.41, 5.74) is 6.61. The Bertz CT molecular complexity index is 530. The minimum Gasteiger partial charge on any atom is -0.334 e. The van der Waals surface area contributed by atoms with Gasteiger partial charge in [0.05, 0.1) is 4.92 Å². The van der Waals surface area contributed by atoms with Crippen LogP contribution in [0, 0.1) is 17.0 Å². The standard InChI is InChI=1S/C14H19N3O3/c1-10-5-6-11(8-13(10)17(19)20)14(18)16-7-3-2-4-12(16)9-15/h5-6,8,12H,2-4,7,9,15H2,1H3. The van der Waals surface area contributed by atoms with Crippen molar-refractivity contribution in [3.63, 3.8) is 0 Å². The normalized spacial score (nSPS) is 18.9. The van der Waals surface area contributed by atoms with E-state index in [-0.39, 0.29) is 17.6 Å². The number of aryl methyl sites for hydroxylation is 1. The Morgan fingerprint density at radius 1 is 1.50 bits per heavy atom. The third kappa shape index (κ3) is 2.80. The number of hydrogen-bond donors (Lipinski definition) is 1. The molecule has 20 heavy (non-hydrogen) atoms. The lowest BCUT2D eigenvalue weighted by Gasteiger charge is -2.35. The van der Waals surface area contributed by atoms with Gasteiger partial charge in [0.25, 0.3) is 11.6 Å². The Balaban J connectivity index is 2.28. The number of carbonyl (C=O) groups excluding carboxylic acids is 1. The number of piperidine rings is 1. The number of amides is 1. The second kappa shape index (κ2) is 6.00. The molecule has 1 aliphatic heterocycles. The van der Waals surface area contributed by atoms with E-state index in [2.05, 4.69) is 0 Å². The van der Waals surface area contributed by atoms with Crippen molar-refractivity contribution in [1.82, 2.24) is 4.90 Å². The van der Waals surface area contributed by atoms with Gasteiger partial charge in [0.1, 0.15) is 0 Å². The topological polar surface area (TPSA) is 89.5 Å².